The maximum absolute atomic E-state index is 13.5. The monoisotopic (exact) mass is 2080 g/mol. The van der Waals surface area contributed by atoms with Gasteiger partial charge in [0.2, 0.25) is 47.3 Å². The SMILES string of the molecule is CC.CC.CC.CC.CC.CC(C)OC(=O)OCN1C(=O)CCC(C2Cc3cc(F)ccc3C2=O)C1=O.CCNC(=O)OCN1C(=O)CCC(C2Cc3cc(F)ccc3C2=O)C1=O.CCOC(=O)OCN1C(=O)CCC(C2Cc3cc(F)ccc3C2=O)C1=O.COCCOC(=O)OCN1C(=O)CCC(N2Cc3ccc(F)cc3C2=O)C1=O.O=C(OCC1COCCO1)OCN1C(=O)CCC(N2Cc3ccc(F)cc3C2=O)C1=O. The molecular formula is C103H127F5N8O32. The van der Waals surface area contributed by atoms with E-state index in [0.717, 1.165) is 36.6 Å². The molecule has 0 spiro atoms. The normalized spacial score (nSPS) is 20.7. The quantitative estimate of drug-likeness (QED) is 0.0209. The first-order valence-electron chi connectivity index (χ1n) is 49.2. The van der Waals surface area contributed by atoms with Crippen LogP contribution in [0.4, 0.5) is 45.9 Å². The maximum Gasteiger partial charge on any atom is 0.510 e. The first-order valence-corrected chi connectivity index (χ1v) is 49.2. The standard InChI is InChI=1S/C20H21FN2O8.C19H20FNO6.C18H19FN2O7.C18H19FN2O5.C18H18FNO6.5C2H6/c21-13-2-1-12-8-22(18(25)15(12)7-13)16-3-4-17(24)23(19(16)26)11-31-20(27)30-10-14-9-28-5-6-29-14;1-10(2)27-19(25)26-9-21-16(22)6-5-14(18(21)24)15-8-11-7-12(20)3-4-13(11)17(15)23;1-26-6-7-27-18(25)28-10-21-15(22)5-4-14(17(21)24)20-9-11-2-3-12(19)8-13(11)16(20)23;1-2-20-18(25)26-9-21-15(22)6-5-13(17(21)24)14-8-10-7-11(19)3-4-12(10)16(14)23;1-2-25-18(24)26-9-20-15(21)6-5-13(17(20)23)14-8-10-7-11(19)3-4-12(10)16(14)22;5*1-2/h1-2,7,14,16H,3-6,8-11H2;3-4,7,10,14-15H,5-6,8-9H2,1-2H3;2-3,8,14H,4-7,9-10H2,1H3;3-4,7,13-14H,2,5-6,8-9H2,1H3,(H,20,25);3-4,7,13-14H,2,5-6,8-9H2,1H3;5*1-2H3. The van der Waals surface area contributed by atoms with Crippen molar-refractivity contribution in [3.8, 4) is 0 Å². The Bertz CT molecular complexity index is 5510. The van der Waals surface area contributed by atoms with Gasteiger partial charge in [0.05, 0.1) is 39.1 Å². The zero-order valence-corrected chi connectivity index (χ0v) is 85.3. The molecule has 0 bridgehead atoms. The van der Waals surface area contributed by atoms with E-state index in [1.54, 1.807) is 27.7 Å². The number of piperidine rings is 5. The fraction of sp³-hybridized carbons (Fsp3) is 0.515. The topological polar surface area (TPSA) is 487 Å². The van der Waals surface area contributed by atoms with E-state index in [9.17, 15) is 118 Å². The molecule has 16 rings (SSSR count). The van der Waals surface area contributed by atoms with Gasteiger partial charge >= 0.3 is 30.7 Å². The van der Waals surface area contributed by atoms with Crippen molar-refractivity contribution in [2.45, 2.75) is 218 Å². The number of hydrogen-bond donors (Lipinski definition) is 1. The number of fused-ring (bicyclic) bond motifs is 5. The van der Waals surface area contributed by atoms with Crippen LogP contribution in [0.3, 0.4) is 0 Å². The second-order valence-corrected chi connectivity index (χ2v) is 33.2. The number of ether oxygens (including phenoxy) is 12. The van der Waals surface area contributed by atoms with Gasteiger partial charge in [-0.15, -0.1) is 0 Å². The number of Topliss-reactive ketones (excluding diaryl/α,β-unsaturated/α-hetero) is 3. The van der Waals surface area contributed by atoms with Gasteiger partial charge in [-0.05, 0) is 186 Å². The highest BCUT2D eigenvalue weighted by Crippen LogP contribution is 2.42. The van der Waals surface area contributed by atoms with E-state index in [1.807, 2.05) is 69.2 Å². The minimum absolute atomic E-state index is 0.00342. The van der Waals surface area contributed by atoms with E-state index in [4.69, 9.17) is 52.1 Å². The van der Waals surface area contributed by atoms with Gasteiger partial charge < -0.3 is 72.0 Å². The Kier molecular flexibility index (Phi) is 47.9. The summed E-state index contributed by atoms with van der Waals surface area (Å²) in [6, 6.07) is 17.8. The van der Waals surface area contributed by atoms with Gasteiger partial charge in [-0.1, -0.05) is 81.4 Å². The second-order valence-electron chi connectivity index (χ2n) is 33.2. The molecule has 8 aliphatic heterocycles. The first-order chi connectivity index (χ1) is 71.0. The zero-order valence-electron chi connectivity index (χ0n) is 85.3. The van der Waals surface area contributed by atoms with Crippen molar-refractivity contribution in [1.29, 1.82) is 0 Å². The zero-order chi connectivity index (χ0) is 110. The van der Waals surface area contributed by atoms with Crippen LogP contribution in [0.15, 0.2) is 91.0 Å². The molecule has 40 nitrogen and oxygen atoms in total. The third-order valence-corrected chi connectivity index (χ3v) is 24.2. The van der Waals surface area contributed by atoms with Crippen molar-refractivity contribution < 1.29 is 175 Å². The van der Waals surface area contributed by atoms with Crippen molar-refractivity contribution in [3.05, 3.63) is 176 Å². The van der Waals surface area contributed by atoms with Crippen LogP contribution < -0.4 is 5.32 Å². The molecule has 6 saturated heterocycles. The molecule has 9 unspecified atom stereocenters. The molecular weight excluding hydrogens is 1960 g/mol. The summed E-state index contributed by atoms with van der Waals surface area (Å²) in [7, 11) is 1.44. The van der Waals surface area contributed by atoms with E-state index < -0.39 is 224 Å². The Morgan fingerprint density at radius 3 is 1.05 bits per heavy atom. The van der Waals surface area contributed by atoms with Crippen molar-refractivity contribution in [2.75, 3.05) is 93.6 Å². The molecule has 5 aromatic carbocycles. The number of methoxy groups -OCH3 is 1. The number of likely N-dealkylation sites (tertiary alicyclic amines) is 5. The van der Waals surface area contributed by atoms with Crippen LogP contribution in [0.2, 0.25) is 0 Å². The summed E-state index contributed by atoms with van der Waals surface area (Å²) >= 11 is 0. The molecule has 13 amide bonds. The summed E-state index contributed by atoms with van der Waals surface area (Å²) in [6.45, 7) is 25.7. The first kappa shape index (κ1) is 121. The highest BCUT2D eigenvalue weighted by Gasteiger charge is 2.51. The highest BCUT2D eigenvalue weighted by molar-refractivity contribution is 6.11. The highest BCUT2D eigenvalue weighted by atomic mass is 19.1. The van der Waals surface area contributed by atoms with E-state index >= 15 is 0 Å². The lowest BCUT2D eigenvalue weighted by Crippen LogP contribution is -2.55. The molecule has 148 heavy (non-hydrogen) atoms. The largest absolute Gasteiger partial charge is 0.510 e. The smallest absolute Gasteiger partial charge is 0.435 e. The summed E-state index contributed by atoms with van der Waals surface area (Å²) in [5, 5.41) is 2.41. The summed E-state index contributed by atoms with van der Waals surface area (Å²) < 4.78 is 126. The summed E-state index contributed by atoms with van der Waals surface area (Å²) in [5.74, 6) is -13.4. The molecule has 1 N–H and O–H groups in total. The lowest BCUT2D eigenvalue weighted by atomic mass is 9.82. The fourth-order valence-electron chi connectivity index (χ4n) is 17.4. The number of carbonyl (C=O) groups excluding carboxylic acids is 20. The Balaban J connectivity index is 0.000000245. The van der Waals surface area contributed by atoms with Crippen molar-refractivity contribution in [2.24, 2.45) is 35.5 Å². The van der Waals surface area contributed by atoms with Crippen LogP contribution in [0.1, 0.15) is 241 Å². The second kappa shape index (κ2) is 58.8. The molecule has 806 valence electrons. The van der Waals surface area contributed by atoms with E-state index in [2.05, 4.69) is 10.1 Å². The Hall–Kier alpha value is -14.4. The number of rotatable bonds is 23. The van der Waals surface area contributed by atoms with E-state index in [-0.39, 0.29) is 158 Å². The van der Waals surface area contributed by atoms with Gasteiger partial charge in [0.1, 0.15) is 60.5 Å². The molecule has 45 heteroatoms. The lowest BCUT2D eigenvalue weighted by Gasteiger charge is -2.34. The summed E-state index contributed by atoms with van der Waals surface area (Å²) in [5.41, 5.74) is 4.58. The number of imide groups is 5. The third-order valence-electron chi connectivity index (χ3n) is 24.2. The molecule has 5 aromatic rings. The van der Waals surface area contributed by atoms with E-state index in [0.29, 0.717) is 64.3 Å². The van der Waals surface area contributed by atoms with Gasteiger partial charge in [0, 0.05) is 122 Å². The van der Waals surface area contributed by atoms with Gasteiger partial charge in [-0.25, -0.2) is 70.4 Å². The number of benzene rings is 5. The van der Waals surface area contributed by atoms with Crippen LogP contribution in [-0.2, 0) is 137 Å². The van der Waals surface area contributed by atoms with Crippen molar-refractivity contribution in [1.82, 2.24) is 39.6 Å². The third kappa shape index (κ3) is 31.1. The molecule has 11 aliphatic rings. The molecule has 0 radical (unpaired) electrons. The number of nitrogens with one attached hydrogen (secondary N) is 1. The lowest BCUT2D eigenvalue weighted by molar-refractivity contribution is -0.159. The molecule has 8 heterocycles. The molecule has 9 atom stereocenters. The number of halogens is 5. The molecule has 0 saturated carbocycles. The van der Waals surface area contributed by atoms with Crippen molar-refractivity contribution >= 4 is 119 Å². The Morgan fingerprint density at radius 1 is 0.372 bits per heavy atom. The van der Waals surface area contributed by atoms with Crippen LogP contribution in [0, 0.1) is 64.6 Å². The number of nitrogens with zero attached hydrogens (tertiary/aromatic N) is 7. The number of ketones is 3. The van der Waals surface area contributed by atoms with Crippen LogP contribution in [-0.4, -0.2) is 271 Å². The summed E-state index contributed by atoms with van der Waals surface area (Å²) in [4.78, 5) is 252. The summed E-state index contributed by atoms with van der Waals surface area (Å²) in [6.07, 6.45) is -3.59. The van der Waals surface area contributed by atoms with Crippen LogP contribution in [0.25, 0.3) is 0 Å². The van der Waals surface area contributed by atoms with Gasteiger partial charge in [-0.2, -0.15) is 0 Å². The van der Waals surface area contributed by atoms with Gasteiger partial charge in [0.15, 0.2) is 51.0 Å². The minimum Gasteiger partial charge on any atom is -0.435 e. The van der Waals surface area contributed by atoms with Crippen LogP contribution >= 0.6 is 0 Å². The van der Waals surface area contributed by atoms with Crippen LogP contribution in [0.5, 0.6) is 0 Å². The molecule has 3 aliphatic carbocycles. The average Bonchev–Trinajstić information content (AvgIpc) is 1.65. The average molecular weight is 2080 g/mol. The maximum atomic E-state index is 13.5. The van der Waals surface area contributed by atoms with Gasteiger partial charge in [-0.3, -0.25) is 71.9 Å². The fourth-order valence-corrected chi connectivity index (χ4v) is 17.4. The van der Waals surface area contributed by atoms with E-state index in [1.165, 1.54) is 95.8 Å². The minimum atomic E-state index is -1.06. The Labute approximate surface area is 852 Å². The number of hydrogen-bond acceptors (Lipinski definition) is 32. The Morgan fingerprint density at radius 2 is 0.703 bits per heavy atom. The van der Waals surface area contributed by atoms with Crippen molar-refractivity contribution in [3.63, 3.8) is 0 Å². The molecule has 6 fully saturated rings. The number of carbonyl (C=O) groups is 20. The predicted octanol–water partition coefficient (Wildman–Crippen LogP) is 13.2. The number of amides is 13. The van der Waals surface area contributed by atoms with Gasteiger partial charge in [0.25, 0.3) is 23.6 Å². The molecule has 0 aromatic heterocycles. The number of alkyl carbamates (subject to hydrolysis) is 1. The predicted molar refractivity (Wildman–Crippen MR) is 509 cm³/mol.